The minimum atomic E-state index is 0.910. The summed E-state index contributed by atoms with van der Waals surface area (Å²) in [5, 5.41) is 7.37. The number of hydrogen-bond acceptors (Lipinski definition) is 2. The summed E-state index contributed by atoms with van der Waals surface area (Å²) in [7, 11) is 0. The van der Waals surface area contributed by atoms with Crippen molar-refractivity contribution in [1.82, 2.24) is 0 Å². The van der Waals surface area contributed by atoms with Gasteiger partial charge in [0.15, 0.2) is 0 Å². The van der Waals surface area contributed by atoms with Crippen molar-refractivity contribution >= 4 is 60.5 Å². The predicted octanol–water partition coefficient (Wildman–Crippen LogP) is 14.4. The smallest absolute Gasteiger partial charge is 0.135 e. The number of hydrogen-bond donors (Lipinski definition) is 0. The molecule has 0 aliphatic carbocycles. The minimum Gasteiger partial charge on any atom is -0.456 e. The molecule has 244 valence electrons. The third-order valence-electron chi connectivity index (χ3n) is 10.3. The van der Waals surface area contributed by atoms with E-state index in [1.54, 1.807) is 0 Å². The van der Waals surface area contributed by atoms with Crippen LogP contribution in [-0.4, -0.2) is 0 Å². The van der Waals surface area contributed by atoms with Gasteiger partial charge in [0.05, 0.1) is 0 Å². The second kappa shape index (κ2) is 12.5. The lowest BCUT2D eigenvalue weighted by atomic mass is 9.97. The molecular formula is C50H33NO. The van der Waals surface area contributed by atoms with Crippen molar-refractivity contribution in [1.29, 1.82) is 0 Å². The molecule has 9 aromatic carbocycles. The molecule has 0 bridgehead atoms. The summed E-state index contributed by atoms with van der Waals surface area (Å²) in [6, 6.07) is 71.8. The Morgan fingerprint density at radius 3 is 1.42 bits per heavy atom. The summed E-state index contributed by atoms with van der Waals surface area (Å²) in [6.45, 7) is 0. The van der Waals surface area contributed by atoms with E-state index in [1.807, 2.05) is 12.1 Å². The van der Waals surface area contributed by atoms with Crippen LogP contribution in [0.1, 0.15) is 0 Å². The van der Waals surface area contributed by atoms with Gasteiger partial charge in [0.1, 0.15) is 11.2 Å². The maximum Gasteiger partial charge on any atom is 0.135 e. The maximum absolute atomic E-state index is 6.09. The lowest BCUT2D eigenvalue weighted by Gasteiger charge is -2.26. The molecule has 0 fully saturated rings. The van der Waals surface area contributed by atoms with Crippen molar-refractivity contribution in [3.63, 3.8) is 0 Å². The van der Waals surface area contributed by atoms with Crippen LogP contribution in [0.15, 0.2) is 205 Å². The first-order chi connectivity index (χ1) is 25.7. The van der Waals surface area contributed by atoms with E-state index < -0.39 is 0 Å². The van der Waals surface area contributed by atoms with Gasteiger partial charge in [0, 0.05) is 27.8 Å². The Morgan fingerprint density at radius 2 is 0.731 bits per heavy atom. The summed E-state index contributed by atoms with van der Waals surface area (Å²) >= 11 is 0. The van der Waals surface area contributed by atoms with Crippen LogP contribution in [0.4, 0.5) is 17.1 Å². The number of nitrogens with zero attached hydrogens (tertiary/aromatic N) is 1. The van der Waals surface area contributed by atoms with E-state index in [0.29, 0.717) is 0 Å². The fraction of sp³-hybridized carbons (Fsp3) is 0. The molecule has 0 N–H and O–H groups in total. The van der Waals surface area contributed by atoms with E-state index in [1.165, 1.54) is 43.8 Å². The quantitative estimate of drug-likeness (QED) is 0.165. The molecule has 1 aromatic heterocycles. The van der Waals surface area contributed by atoms with E-state index in [2.05, 4.69) is 193 Å². The number of rotatable bonds is 6. The van der Waals surface area contributed by atoms with Gasteiger partial charge in [-0.05, 0) is 116 Å². The first-order valence-electron chi connectivity index (χ1n) is 17.7. The SMILES string of the molecule is c1ccc(-c2ccc(N(c3ccc(-c4ccc5c(ccc6ccccc65)c4)cc3)c3ccc(-c4ccc5oc6ccccc6c5c4)cc3)cc2)cc1. The van der Waals surface area contributed by atoms with Gasteiger partial charge in [-0.2, -0.15) is 0 Å². The van der Waals surface area contributed by atoms with E-state index in [0.717, 1.165) is 50.1 Å². The molecule has 0 radical (unpaired) electrons. The molecule has 0 atom stereocenters. The number of benzene rings is 9. The van der Waals surface area contributed by atoms with Gasteiger partial charge in [-0.15, -0.1) is 0 Å². The van der Waals surface area contributed by atoms with Gasteiger partial charge in [0.25, 0.3) is 0 Å². The fourth-order valence-electron chi connectivity index (χ4n) is 7.58. The first kappa shape index (κ1) is 30.0. The summed E-state index contributed by atoms with van der Waals surface area (Å²) in [5.74, 6) is 0. The molecule has 0 saturated carbocycles. The third-order valence-corrected chi connectivity index (χ3v) is 10.3. The average molecular weight is 664 g/mol. The van der Waals surface area contributed by atoms with Crippen molar-refractivity contribution in [2.24, 2.45) is 0 Å². The molecule has 10 rings (SSSR count). The van der Waals surface area contributed by atoms with Crippen LogP contribution in [0.3, 0.4) is 0 Å². The molecule has 52 heavy (non-hydrogen) atoms. The van der Waals surface area contributed by atoms with Gasteiger partial charge < -0.3 is 9.32 Å². The van der Waals surface area contributed by atoms with Crippen molar-refractivity contribution < 1.29 is 4.42 Å². The van der Waals surface area contributed by atoms with Gasteiger partial charge in [-0.1, -0.05) is 140 Å². The second-order valence-corrected chi connectivity index (χ2v) is 13.4. The number of furan rings is 1. The summed E-state index contributed by atoms with van der Waals surface area (Å²) in [4.78, 5) is 2.33. The van der Waals surface area contributed by atoms with Gasteiger partial charge in [0.2, 0.25) is 0 Å². The second-order valence-electron chi connectivity index (χ2n) is 13.4. The van der Waals surface area contributed by atoms with Gasteiger partial charge in [-0.25, -0.2) is 0 Å². The average Bonchev–Trinajstić information content (AvgIpc) is 3.60. The van der Waals surface area contributed by atoms with Crippen LogP contribution in [0.2, 0.25) is 0 Å². The highest BCUT2D eigenvalue weighted by molar-refractivity contribution is 6.08. The van der Waals surface area contributed by atoms with Crippen LogP contribution in [0, 0.1) is 0 Å². The monoisotopic (exact) mass is 663 g/mol. The molecule has 1 heterocycles. The Bertz CT molecular complexity index is 2870. The normalized spacial score (nSPS) is 11.5. The molecule has 0 aliphatic rings. The molecule has 0 saturated heterocycles. The van der Waals surface area contributed by atoms with Crippen LogP contribution < -0.4 is 4.90 Å². The molecule has 0 aliphatic heterocycles. The Hall–Kier alpha value is -6.90. The predicted molar refractivity (Wildman–Crippen MR) is 220 cm³/mol. The zero-order valence-electron chi connectivity index (χ0n) is 28.4. The van der Waals surface area contributed by atoms with Crippen LogP contribution >= 0.6 is 0 Å². The summed E-state index contributed by atoms with van der Waals surface area (Å²) in [6.07, 6.45) is 0. The van der Waals surface area contributed by atoms with E-state index in [9.17, 15) is 0 Å². The minimum absolute atomic E-state index is 0.910. The Kier molecular flexibility index (Phi) is 7.18. The largest absolute Gasteiger partial charge is 0.456 e. The third kappa shape index (κ3) is 5.30. The van der Waals surface area contributed by atoms with E-state index >= 15 is 0 Å². The Labute approximate surface area is 302 Å². The van der Waals surface area contributed by atoms with E-state index in [4.69, 9.17) is 4.42 Å². The number of anilines is 3. The molecule has 2 heteroatoms. The van der Waals surface area contributed by atoms with Crippen molar-refractivity contribution in [2.45, 2.75) is 0 Å². The van der Waals surface area contributed by atoms with E-state index in [-0.39, 0.29) is 0 Å². The molecule has 10 aromatic rings. The molecule has 0 unspecified atom stereocenters. The highest BCUT2D eigenvalue weighted by Gasteiger charge is 2.15. The highest BCUT2D eigenvalue weighted by Crippen LogP contribution is 2.39. The molecule has 2 nitrogen and oxygen atoms in total. The lowest BCUT2D eigenvalue weighted by molar-refractivity contribution is 0.669. The van der Waals surface area contributed by atoms with Crippen LogP contribution in [0.25, 0.3) is 76.9 Å². The standard InChI is InChI=1S/C50H33NO/c1-2-8-34(9-3-1)35-16-24-42(25-17-35)51(44-28-20-37(21-29-44)40-23-31-50-48(33-40)47-12-6-7-13-49(47)52-50)43-26-18-36(19-27-43)39-22-30-46-41(32-39)15-14-38-10-4-5-11-45(38)46/h1-33H. The zero-order valence-corrected chi connectivity index (χ0v) is 28.4. The topological polar surface area (TPSA) is 16.4 Å². The van der Waals surface area contributed by atoms with Gasteiger partial charge in [-0.3, -0.25) is 0 Å². The molecule has 0 spiro atoms. The number of para-hydroxylation sites is 1. The van der Waals surface area contributed by atoms with Crippen LogP contribution in [0.5, 0.6) is 0 Å². The molecular weight excluding hydrogens is 631 g/mol. The van der Waals surface area contributed by atoms with Crippen molar-refractivity contribution in [2.75, 3.05) is 4.90 Å². The lowest BCUT2D eigenvalue weighted by Crippen LogP contribution is -2.09. The molecule has 0 amide bonds. The van der Waals surface area contributed by atoms with Crippen molar-refractivity contribution in [3.05, 3.63) is 200 Å². The summed E-state index contributed by atoms with van der Waals surface area (Å²) < 4.78 is 6.09. The maximum atomic E-state index is 6.09. The fourth-order valence-corrected chi connectivity index (χ4v) is 7.58. The highest BCUT2D eigenvalue weighted by atomic mass is 16.3. The summed E-state index contributed by atoms with van der Waals surface area (Å²) in [5.41, 5.74) is 12.2. The van der Waals surface area contributed by atoms with Crippen LogP contribution in [-0.2, 0) is 0 Å². The zero-order chi connectivity index (χ0) is 34.4. The Morgan fingerprint density at radius 1 is 0.269 bits per heavy atom. The Balaban J connectivity index is 1.02. The van der Waals surface area contributed by atoms with Crippen molar-refractivity contribution in [3.8, 4) is 33.4 Å². The first-order valence-corrected chi connectivity index (χ1v) is 17.7. The number of fused-ring (bicyclic) bond motifs is 6. The van der Waals surface area contributed by atoms with Gasteiger partial charge >= 0.3 is 0 Å².